The SMILES string of the molecule is CCCN1CCN(C(=O)CNC(=O)OC(C)(C)C)CC1. The van der Waals surface area contributed by atoms with Crippen molar-refractivity contribution in [2.45, 2.75) is 39.7 Å². The van der Waals surface area contributed by atoms with Crippen LogP contribution in [0.4, 0.5) is 4.79 Å². The number of nitrogens with zero attached hydrogens (tertiary/aromatic N) is 2. The molecule has 0 bridgehead atoms. The zero-order valence-corrected chi connectivity index (χ0v) is 13.1. The van der Waals surface area contributed by atoms with E-state index in [1.54, 1.807) is 25.7 Å². The maximum Gasteiger partial charge on any atom is 0.408 e. The molecule has 2 amide bonds. The van der Waals surface area contributed by atoms with Gasteiger partial charge in [-0.2, -0.15) is 0 Å². The molecule has 1 aliphatic heterocycles. The molecule has 0 aliphatic carbocycles. The smallest absolute Gasteiger partial charge is 0.408 e. The Morgan fingerprint density at radius 1 is 1.15 bits per heavy atom. The molecule has 6 nitrogen and oxygen atoms in total. The second kappa shape index (κ2) is 7.47. The van der Waals surface area contributed by atoms with Crippen molar-refractivity contribution in [3.8, 4) is 0 Å². The Bertz CT molecular complexity index is 331. The van der Waals surface area contributed by atoms with Crippen LogP contribution in [0.5, 0.6) is 0 Å². The molecule has 0 aromatic rings. The first-order chi connectivity index (χ1) is 9.31. The molecule has 0 spiro atoms. The van der Waals surface area contributed by atoms with Crippen LogP contribution in [0.1, 0.15) is 34.1 Å². The minimum atomic E-state index is -0.546. The number of ether oxygens (including phenoxy) is 1. The summed E-state index contributed by atoms with van der Waals surface area (Å²) in [5.41, 5.74) is -0.543. The lowest BCUT2D eigenvalue weighted by Crippen LogP contribution is -2.51. The molecule has 0 saturated carbocycles. The van der Waals surface area contributed by atoms with Crippen molar-refractivity contribution in [1.82, 2.24) is 15.1 Å². The zero-order chi connectivity index (χ0) is 15.2. The number of alkyl carbamates (subject to hydrolysis) is 1. The Balaban J connectivity index is 2.25. The van der Waals surface area contributed by atoms with Gasteiger partial charge in [-0.25, -0.2) is 4.79 Å². The Morgan fingerprint density at radius 3 is 2.25 bits per heavy atom. The third kappa shape index (κ3) is 6.23. The van der Waals surface area contributed by atoms with Gasteiger partial charge >= 0.3 is 6.09 Å². The van der Waals surface area contributed by atoms with Crippen molar-refractivity contribution < 1.29 is 14.3 Å². The van der Waals surface area contributed by atoms with Gasteiger partial charge in [-0.15, -0.1) is 0 Å². The van der Waals surface area contributed by atoms with Gasteiger partial charge in [0.1, 0.15) is 12.1 Å². The lowest BCUT2D eigenvalue weighted by molar-refractivity contribution is -0.132. The molecule has 0 aromatic carbocycles. The number of amides is 2. The molecule has 0 atom stereocenters. The first kappa shape index (κ1) is 16.8. The third-order valence-electron chi connectivity index (χ3n) is 3.05. The van der Waals surface area contributed by atoms with Gasteiger partial charge in [0.25, 0.3) is 0 Å². The number of rotatable bonds is 4. The fourth-order valence-electron chi connectivity index (χ4n) is 2.11. The quantitative estimate of drug-likeness (QED) is 0.839. The van der Waals surface area contributed by atoms with Gasteiger partial charge < -0.3 is 15.0 Å². The number of nitrogens with one attached hydrogen (secondary N) is 1. The molecule has 1 saturated heterocycles. The summed E-state index contributed by atoms with van der Waals surface area (Å²) in [6.07, 6.45) is 0.587. The standard InChI is InChI=1S/C14H27N3O3/c1-5-6-16-7-9-17(10-8-16)12(18)11-15-13(19)20-14(2,3)4/h5-11H2,1-4H3,(H,15,19). The summed E-state index contributed by atoms with van der Waals surface area (Å²) in [6.45, 7) is 11.9. The molecule has 0 aromatic heterocycles. The van der Waals surface area contributed by atoms with E-state index in [1.807, 2.05) is 0 Å². The predicted molar refractivity (Wildman–Crippen MR) is 77.5 cm³/mol. The molecule has 116 valence electrons. The summed E-state index contributed by atoms with van der Waals surface area (Å²) in [7, 11) is 0. The highest BCUT2D eigenvalue weighted by atomic mass is 16.6. The van der Waals surface area contributed by atoms with Gasteiger partial charge in [0.2, 0.25) is 5.91 Å². The van der Waals surface area contributed by atoms with Gasteiger partial charge in [0.05, 0.1) is 0 Å². The summed E-state index contributed by atoms with van der Waals surface area (Å²) in [6, 6.07) is 0. The summed E-state index contributed by atoms with van der Waals surface area (Å²) in [5, 5.41) is 2.51. The topological polar surface area (TPSA) is 61.9 Å². The number of hydrogen-bond donors (Lipinski definition) is 1. The van der Waals surface area contributed by atoms with Gasteiger partial charge in [-0.3, -0.25) is 9.69 Å². The van der Waals surface area contributed by atoms with E-state index in [-0.39, 0.29) is 12.5 Å². The Morgan fingerprint density at radius 2 is 1.75 bits per heavy atom. The molecule has 0 radical (unpaired) electrons. The van der Waals surface area contributed by atoms with Crippen molar-refractivity contribution in [2.75, 3.05) is 39.3 Å². The third-order valence-corrected chi connectivity index (χ3v) is 3.05. The summed E-state index contributed by atoms with van der Waals surface area (Å²) >= 11 is 0. The average molecular weight is 285 g/mol. The summed E-state index contributed by atoms with van der Waals surface area (Å²) < 4.78 is 5.10. The molecule has 1 aliphatic rings. The van der Waals surface area contributed by atoms with Crippen LogP contribution in [0.15, 0.2) is 0 Å². The van der Waals surface area contributed by atoms with Crippen LogP contribution in [-0.2, 0) is 9.53 Å². The number of carbonyl (C=O) groups excluding carboxylic acids is 2. The van der Waals surface area contributed by atoms with Gasteiger partial charge in [-0.1, -0.05) is 6.92 Å². The predicted octanol–water partition coefficient (Wildman–Crippen LogP) is 1.07. The van der Waals surface area contributed by atoms with E-state index in [9.17, 15) is 9.59 Å². The van der Waals surface area contributed by atoms with Crippen molar-refractivity contribution in [1.29, 1.82) is 0 Å². The van der Waals surface area contributed by atoms with Gasteiger partial charge in [0, 0.05) is 26.2 Å². The maximum absolute atomic E-state index is 12.0. The minimum Gasteiger partial charge on any atom is -0.444 e. The molecule has 0 unspecified atom stereocenters. The van der Waals surface area contributed by atoms with Gasteiger partial charge in [-0.05, 0) is 33.7 Å². The molecular weight excluding hydrogens is 258 g/mol. The van der Waals surface area contributed by atoms with Crippen molar-refractivity contribution in [3.63, 3.8) is 0 Å². The van der Waals surface area contributed by atoms with Gasteiger partial charge in [0.15, 0.2) is 0 Å². The van der Waals surface area contributed by atoms with Crippen molar-refractivity contribution in [3.05, 3.63) is 0 Å². The van der Waals surface area contributed by atoms with E-state index in [1.165, 1.54) is 0 Å². The summed E-state index contributed by atoms with van der Waals surface area (Å²) in [5.74, 6) is -0.0491. The highest BCUT2D eigenvalue weighted by Crippen LogP contribution is 2.06. The highest BCUT2D eigenvalue weighted by Gasteiger charge is 2.22. The normalized spacial score (nSPS) is 16.9. The zero-order valence-electron chi connectivity index (χ0n) is 13.1. The van der Waals surface area contributed by atoms with Crippen molar-refractivity contribution in [2.24, 2.45) is 0 Å². The van der Waals surface area contributed by atoms with Crippen LogP contribution in [0.3, 0.4) is 0 Å². The number of hydrogen-bond acceptors (Lipinski definition) is 4. The molecule has 1 fully saturated rings. The molecule has 20 heavy (non-hydrogen) atoms. The lowest BCUT2D eigenvalue weighted by atomic mass is 10.2. The Kier molecular flexibility index (Phi) is 6.26. The fraction of sp³-hybridized carbons (Fsp3) is 0.857. The highest BCUT2D eigenvalue weighted by molar-refractivity contribution is 5.82. The number of piperazine rings is 1. The second-order valence-electron chi connectivity index (χ2n) is 6.08. The van der Waals surface area contributed by atoms with E-state index in [4.69, 9.17) is 4.74 Å². The molecule has 1 N–H and O–H groups in total. The van der Waals surface area contributed by atoms with E-state index in [2.05, 4.69) is 17.1 Å². The molecule has 1 heterocycles. The lowest BCUT2D eigenvalue weighted by Gasteiger charge is -2.34. The van der Waals surface area contributed by atoms with Crippen LogP contribution < -0.4 is 5.32 Å². The minimum absolute atomic E-state index is 0.00267. The van der Waals surface area contributed by atoms with E-state index in [0.29, 0.717) is 0 Å². The fourth-order valence-corrected chi connectivity index (χ4v) is 2.11. The van der Waals surface area contributed by atoms with Crippen LogP contribution in [0, 0.1) is 0 Å². The van der Waals surface area contributed by atoms with Crippen LogP contribution in [0.2, 0.25) is 0 Å². The molecular formula is C14H27N3O3. The second-order valence-corrected chi connectivity index (χ2v) is 6.08. The van der Waals surface area contributed by atoms with E-state index >= 15 is 0 Å². The maximum atomic E-state index is 12.0. The Hall–Kier alpha value is -1.30. The number of carbonyl (C=O) groups is 2. The van der Waals surface area contributed by atoms with E-state index < -0.39 is 11.7 Å². The van der Waals surface area contributed by atoms with E-state index in [0.717, 1.165) is 39.1 Å². The monoisotopic (exact) mass is 285 g/mol. The largest absolute Gasteiger partial charge is 0.444 e. The molecule has 1 rings (SSSR count). The Labute approximate surface area is 121 Å². The van der Waals surface area contributed by atoms with Crippen LogP contribution >= 0.6 is 0 Å². The summed E-state index contributed by atoms with van der Waals surface area (Å²) in [4.78, 5) is 27.6. The molecule has 6 heteroatoms. The van der Waals surface area contributed by atoms with Crippen LogP contribution in [0.25, 0.3) is 0 Å². The average Bonchev–Trinajstić information content (AvgIpc) is 2.35. The van der Waals surface area contributed by atoms with Crippen LogP contribution in [-0.4, -0.2) is 66.7 Å². The first-order valence-corrected chi connectivity index (χ1v) is 7.29. The van der Waals surface area contributed by atoms with Crippen molar-refractivity contribution >= 4 is 12.0 Å². The first-order valence-electron chi connectivity index (χ1n) is 7.29.